The third-order valence-electron chi connectivity index (χ3n) is 3.83. The number of hydrogen-bond donors (Lipinski definition) is 2. The Labute approximate surface area is 162 Å². The van der Waals surface area contributed by atoms with E-state index in [4.69, 9.17) is 9.47 Å². The lowest BCUT2D eigenvalue weighted by Gasteiger charge is -2.09. The van der Waals surface area contributed by atoms with Gasteiger partial charge < -0.3 is 14.8 Å². The Bertz CT molecular complexity index is 874. The van der Waals surface area contributed by atoms with E-state index >= 15 is 0 Å². The lowest BCUT2D eigenvalue weighted by atomic mass is 10.2. The third kappa shape index (κ3) is 5.30. The number of carbonyl (C=O) groups is 2. The van der Waals surface area contributed by atoms with Crippen LogP contribution in [0.3, 0.4) is 0 Å². The molecule has 0 fully saturated rings. The van der Waals surface area contributed by atoms with Crippen molar-refractivity contribution in [2.75, 3.05) is 20.8 Å². The highest BCUT2D eigenvalue weighted by molar-refractivity contribution is 7.12. The van der Waals surface area contributed by atoms with E-state index in [0.29, 0.717) is 17.1 Å². The van der Waals surface area contributed by atoms with E-state index in [-0.39, 0.29) is 6.54 Å². The smallest absolute Gasteiger partial charge is 0.259 e. The van der Waals surface area contributed by atoms with Crippen LogP contribution in [0.25, 0.3) is 0 Å². The van der Waals surface area contributed by atoms with E-state index in [2.05, 4.69) is 15.8 Å². The first-order valence-corrected chi connectivity index (χ1v) is 9.08. The topological polar surface area (TPSA) is 89.0 Å². The molecule has 8 heteroatoms. The van der Waals surface area contributed by atoms with Gasteiger partial charge in [-0.05, 0) is 45.0 Å². The average Bonchev–Trinajstić information content (AvgIpc) is 3.01. The number of rotatable bonds is 7. The number of methoxy groups -OCH3 is 2. The van der Waals surface area contributed by atoms with Gasteiger partial charge >= 0.3 is 0 Å². The molecule has 0 spiro atoms. The summed E-state index contributed by atoms with van der Waals surface area (Å²) in [5.74, 6) is 0.163. The molecule has 1 aromatic heterocycles. The summed E-state index contributed by atoms with van der Waals surface area (Å²) < 4.78 is 10.3. The number of nitrogens with zero attached hydrogens (tertiary/aromatic N) is 1. The van der Waals surface area contributed by atoms with Crippen molar-refractivity contribution in [3.05, 3.63) is 45.1 Å². The van der Waals surface area contributed by atoms with Crippen LogP contribution in [0.2, 0.25) is 0 Å². The molecule has 0 aliphatic carbocycles. The molecular formula is C19H23N3O4S. The molecule has 0 aliphatic rings. The second kappa shape index (κ2) is 9.18. The SMILES string of the molecule is COc1ccc(C(=O)NCC(=O)N/N=C(\C)c2cc(C)sc2C)cc1OC. The quantitative estimate of drug-likeness (QED) is 0.563. The van der Waals surface area contributed by atoms with Crippen molar-refractivity contribution in [1.29, 1.82) is 0 Å². The van der Waals surface area contributed by atoms with Crippen molar-refractivity contribution in [3.8, 4) is 11.5 Å². The highest BCUT2D eigenvalue weighted by Crippen LogP contribution is 2.27. The van der Waals surface area contributed by atoms with Gasteiger partial charge in [-0.1, -0.05) is 0 Å². The molecule has 2 aromatic rings. The monoisotopic (exact) mass is 389 g/mol. The zero-order valence-electron chi connectivity index (χ0n) is 16.0. The van der Waals surface area contributed by atoms with Crippen LogP contribution < -0.4 is 20.2 Å². The predicted molar refractivity (Wildman–Crippen MR) is 106 cm³/mol. The van der Waals surface area contributed by atoms with E-state index in [0.717, 1.165) is 16.2 Å². The molecule has 0 atom stereocenters. The molecule has 144 valence electrons. The molecule has 1 aromatic carbocycles. The summed E-state index contributed by atoms with van der Waals surface area (Å²) in [6.07, 6.45) is 0. The first-order chi connectivity index (χ1) is 12.8. The fourth-order valence-electron chi connectivity index (χ4n) is 2.48. The minimum Gasteiger partial charge on any atom is -0.493 e. The van der Waals surface area contributed by atoms with Crippen LogP contribution in [0, 0.1) is 13.8 Å². The Kier molecular flexibility index (Phi) is 6.95. The Hall–Kier alpha value is -2.87. The number of aryl methyl sites for hydroxylation is 2. The molecule has 0 saturated heterocycles. The van der Waals surface area contributed by atoms with Crippen LogP contribution in [-0.4, -0.2) is 38.3 Å². The maximum absolute atomic E-state index is 12.2. The molecule has 0 unspecified atom stereocenters. The van der Waals surface area contributed by atoms with Gasteiger partial charge in [-0.25, -0.2) is 5.43 Å². The van der Waals surface area contributed by atoms with Gasteiger partial charge in [0.25, 0.3) is 11.8 Å². The van der Waals surface area contributed by atoms with Crippen LogP contribution in [-0.2, 0) is 4.79 Å². The summed E-state index contributed by atoms with van der Waals surface area (Å²) in [7, 11) is 3.01. The number of thiophene rings is 1. The number of nitrogens with one attached hydrogen (secondary N) is 2. The fourth-order valence-corrected chi connectivity index (χ4v) is 3.45. The van der Waals surface area contributed by atoms with Crippen molar-refractivity contribution in [3.63, 3.8) is 0 Å². The molecule has 2 rings (SSSR count). The number of hydrogen-bond acceptors (Lipinski definition) is 6. The zero-order chi connectivity index (χ0) is 20.0. The van der Waals surface area contributed by atoms with E-state index in [1.807, 2.05) is 26.8 Å². The van der Waals surface area contributed by atoms with Gasteiger partial charge in [0.15, 0.2) is 11.5 Å². The lowest BCUT2D eigenvalue weighted by molar-refractivity contribution is -0.120. The normalized spacial score (nSPS) is 11.1. The van der Waals surface area contributed by atoms with Gasteiger partial charge in [-0.15, -0.1) is 11.3 Å². The molecule has 0 bridgehead atoms. The first kappa shape index (κ1) is 20.4. The van der Waals surface area contributed by atoms with E-state index in [1.54, 1.807) is 29.5 Å². The second-order valence-corrected chi connectivity index (χ2v) is 7.27. The maximum Gasteiger partial charge on any atom is 0.259 e. The van der Waals surface area contributed by atoms with Gasteiger partial charge in [-0.3, -0.25) is 9.59 Å². The van der Waals surface area contributed by atoms with Gasteiger partial charge in [-0.2, -0.15) is 5.10 Å². The van der Waals surface area contributed by atoms with E-state index in [1.165, 1.54) is 19.1 Å². The minimum absolute atomic E-state index is 0.189. The maximum atomic E-state index is 12.2. The van der Waals surface area contributed by atoms with Gasteiger partial charge in [0.2, 0.25) is 0 Å². The highest BCUT2D eigenvalue weighted by Gasteiger charge is 2.12. The van der Waals surface area contributed by atoms with Crippen LogP contribution in [0.1, 0.15) is 32.6 Å². The van der Waals surface area contributed by atoms with Crippen molar-refractivity contribution < 1.29 is 19.1 Å². The second-order valence-electron chi connectivity index (χ2n) is 5.81. The molecule has 7 nitrogen and oxygen atoms in total. The average molecular weight is 389 g/mol. The minimum atomic E-state index is -0.409. The summed E-state index contributed by atoms with van der Waals surface area (Å²) in [5.41, 5.74) is 4.55. The molecular weight excluding hydrogens is 366 g/mol. The zero-order valence-corrected chi connectivity index (χ0v) is 16.8. The third-order valence-corrected chi connectivity index (χ3v) is 4.80. The number of benzene rings is 1. The molecule has 0 aliphatic heterocycles. The summed E-state index contributed by atoms with van der Waals surface area (Å²) in [6.45, 7) is 5.68. The largest absolute Gasteiger partial charge is 0.493 e. The molecule has 2 amide bonds. The Morgan fingerprint density at radius 3 is 2.41 bits per heavy atom. The summed E-state index contributed by atoms with van der Waals surface area (Å²) in [5, 5.41) is 6.66. The molecule has 1 heterocycles. The van der Waals surface area contributed by atoms with Crippen LogP contribution in [0.5, 0.6) is 11.5 Å². The highest BCUT2D eigenvalue weighted by atomic mass is 32.1. The Morgan fingerprint density at radius 1 is 1.11 bits per heavy atom. The van der Waals surface area contributed by atoms with E-state index in [9.17, 15) is 9.59 Å². The van der Waals surface area contributed by atoms with Crippen LogP contribution in [0.4, 0.5) is 0 Å². The predicted octanol–water partition coefficient (Wildman–Crippen LogP) is 2.65. The fraction of sp³-hybridized carbons (Fsp3) is 0.316. The standard InChI is InChI=1S/C19H23N3O4S/c1-11-8-15(13(3)27-11)12(2)21-22-18(23)10-20-19(24)14-6-7-16(25-4)17(9-14)26-5/h6-9H,10H2,1-5H3,(H,20,24)(H,22,23)/b21-12+. The first-order valence-electron chi connectivity index (χ1n) is 8.26. The molecule has 0 radical (unpaired) electrons. The van der Waals surface area contributed by atoms with Crippen LogP contribution in [0.15, 0.2) is 29.4 Å². The summed E-state index contributed by atoms with van der Waals surface area (Å²) in [6, 6.07) is 6.81. The molecule has 27 heavy (non-hydrogen) atoms. The van der Waals surface area contributed by atoms with Gasteiger partial charge in [0.05, 0.1) is 26.5 Å². The van der Waals surface area contributed by atoms with Crippen molar-refractivity contribution in [2.45, 2.75) is 20.8 Å². The number of carbonyl (C=O) groups excluding carboxylic acids is 2. The van der Waals surface area contributed by atoms with Gasteiger partial charge in [0.1, 0.15) is 0 Å². The van der Waals surface area contributed by atoms with E-state index < -0.39 is 11.8 Å². The number of ether oxygens (including phenoxy) is 2. The summed E-state index contributed by atoms with van der Waals surface area (Å²) >= 11 is 1.68. The van der Waals surface area contributed by atoms with Crippen molar-refractivity contribution in [1.82, 2.24) is 10.7 Å². The molecule has 0 saturated carbocycles. The summed E-state index contributed by atoms with van der Waals surface area (Å²) in [4.78, 5) is 26.5. The Morgan fingerprint density at radius 2 is 1.81 bits per heavy atom. The number of hydrazone groups is 1. The number of amides is 2. The lowest BCUT2D eigenvalue weighted by Crippen LogP contribution is -2.35. The van der Waals surface area contributed by atoms with Crippen molar-refractivity contribution >= 4 is 28.9 Å². The molecule has 2 N–H and O–H groups in total. The van der Waals surface area contributed by atoms with Crippen molar-refractivity contribution in [2.24, 2.45) is 5.10 Å². The van der Waals surface area contributed by atoms with Crippen LogP contribution >= 0.6 is 11.3 Å². The van der Waals surface area contributed by atoms with Gasteiger partial charge in [0, 0.05) is 20.9 Å². The Balaban J connectivity index is 1.92.